The summed E-state index contributed by atoms with van der Waals surface area (Å²) in [6, 6.07) is 5.59. The maximum atomic E-state index is 13.9. The summed E-state index contributed by atoms with van der Waals surface area (Å²) >= 11 is 0. The summed E-state index contributed by atoms with van der Waals surface area (Å²) in [7, 11) is 0. The molecule has 5 heteroatoms. The predicted octanol–water partition coefficient (Wildman–Crippen LogP) is 4.40. The van der Waals surface area contributed by atoms with Gasteiger partial charge in [0.15, 0.2) is 0 Å². The van der Waals surface area contributed by atoms with E-state index in [1.165, 1.54) is 6.07 Å². The van der Waals surface area contributed by atoms with E-state index in [1.54, 1.807) is 12.1 Å². The highest BCUT2D eigenvalue weighted by atomic mass is 19.1. The van der Waals surface area contributed by atoms with Crippen molar-refractivity contribution in [3.05, 3.63) is 24.0 Å². The molecule has 1 aromatic carbocycles. The molecule has 2 aliphatic rings. The summed E-state index contributed by atoms with van der Waals surface area (Å²) in [5.41, 5.74) is 6.76. The molecule has 0 saturated carbocycles. The standard InChI is InChI=1S/C15H22FN3O.2C2H6.CH4/c16-14-11-12(17)1-2-15(14)19-5-3-13(4-6-19)18-7-9-20-10-8-18;2*1-2;/h1-2,11,13H,3-10,17H2;2*1-2H3;1H4. The summed E-state index contributed by atoms with van der Waals surface area (Å²) in [5.74, 6) is -0.213. The number of benzene rings is 1. The van der Waals surface area contributed by atoms with Gasteiger partial charge in [-0.1, -0.05) is 35.1 Å². The molecule has 0 spiro atoms. The molecule has 0 aromatic heterocycles. The van der Waals surface area contributed by atoms with Crippen molar-refractivity contribution in [3.8, 4) is 0 Å². The number of nitrogens with two attached hydrogens (primary N) is 1. The third-order valence-electron chi connectivity index (χ3n) is 4.34. The van der Waals surface area contributed by atoms with Crippen molar-refractivity contribution < 1.29 is 9.13 Å². The largest absolute Gasteiger partial charge is 0.399 e. The molecule has 0 aliphatic carbocycles. The fourth-order valence-electron chi connectivity index (χ4n) is 3.19. The second-order valence-corrected chi connectivity index (χ2v) is 5.58. The van der Waals surface area contributed by atoms with E-state index in [-0.39, 0.29) is 13.2 Å². The number of piperidine rings is 1. The third kappa shape index (κ3) is 6.83. The van der Waals surface area contributed by atoms with E-state index < -0.39 is 0 Å². The molecule has 2 fully saturated rings. The van der Waals surface area contributed by atoms with Crippen LogP contribution in [0.3, 0.4) is 0 Å². The maximum Gasteiger partial charge on any atom is 0.148 e. The number of hydrogen-bond donors (Lipinski definition) is 1. The number of morpholine rings is 1. The summed E-state index contributed by atoms with van der Waals surface area (Å²) in [6.07, 6.45) is 2.17. The quantitative estimate of drug-likeness (QED) is 0.799. The number of hydrogen-bond acceptors (Lipinski definition) is 4. The lowest BCUT2D eigenvalue weighted by atomic mass is 10.0. The van der Waals surface area contributed by atoms with Gasteiger partial charge in [0.05, 0.1) is 18.9 Å². The maximum absolute atomic E-state index is 13.9. The van der Waals surface area contributed by atoms with E-state index in [4.69, 9.17) is 10.5 Å². The number of rotatable bonds is 2. The zero-order valence-electron chi connectivity index (χ0n) is 15.7. The molecule has 0 unspecified atom stereocenters. The highest BCUT2D eigenvalue weighted by molar-refractivity contribution is 5.54. The van der Waals surface area contributed by atoms with E-state index in [0.29, 0.717) is 17.4 Å². The summed E-state index contributed by atoms with van der Waals surface area (Å²) in [6.45, 7) is 13.5. The molecular formula is C20H38FN3O. The van der Waals surface area contributed by atoms with Crippen LogP contribution < -0.4 is 10.6 Å². The molecule has 3 rings (SSSR count). The van der Waals surface area contributed by atoms with Crippen LogP contribution >= 0.6 is 0 Å². The summed E-state index contributed by atoms with van der Waals surface area (Å²) in [5, 5.41) is 0. The molecular weight excluding hydrogens is 317 g/mol. The summed E-state index contributed by atoms with van der Waals surface area (Å²) < 4.78 is 19.3. The number of halogens is 1. The average Bonchev–Trinajstić information content (AvgIpc) is 2.66. The van der Waals surface area contributed by atoms with Crippen molar-refractivity contribution in [2.45, 2.75) is 54.0 Å². The first-order valence-corrected chi connectivity index (χ1v) is 9.36. The van der Waals surface area contributed by atoms with Gasteiger partial charge in [-0.15, -0.1) is 0 Å². The predicted molar refractivity (Wildman–Crippen MR) is 108 cm³/mol. The summed E-state index contributed by atoms with van der Waals surface area (Å²) in [4.78, 5) is 4.64. The molecule has 4 nitrogen and oxygen atoms in total. The van der Waals surface area contributed by atoms with Crippen molar-refractivity contribution >= 4 is 11.4 Å². The first kappa shape index (κ1) is 23.7. The van der Waals surface area contributed by atoms with Crippen molar-refractivity contribution in [1.29, 1.82) is 0 Å². The minimum absolute atomic E-state index is 0. The molecule has 2 N–H and O–H groups in total. The van der Waals surface area contributed by atoms with Gasteiger partial charge in [0.25, 0.3) is 0 Å². The Morgan fingerprint density at radius 3 is 2.08 bits per heavy atom. The van der Waals surface area contributed by atoms with Crippen molar-refractivity contribution in [1.82, 2.24) is 4.90 Å². The normalized spacial score (nSPS) is 18.2. The van der Waals surface area contributed by atoms with Crippen LogP contribution in [0.15, 0.2) is 18.2 Å². The molecule has 146 valence electrons. The Hall–Kier alpha value is -1.33. The van der Waals surface area contributed by atoms with E-state index >= 15 is 0 Å². The molecule has 2 aliphatic heterocycles. The van der Waals surface area contributed by atoms with Crippen LogP contribution in [0.2, 0.25) is 0 Å². The number of nitrogens with zero attached hydrogens (tertiary/aromatic N) is 2. The minimum Gasteiger partial charge on any atom is -0.399 e. The van der Waals surface area contributed by atoms with Gasteiger partial charge in [0, 0.05) is 37.9 Å². The van der Waals surface area contributed by atoms with Crippen LogP contribution in [-0.2, 0) is 4.74 Å². The Balaban J connectivity index is 0.00000108. The van der Waals surface area contributed by atoms with Crippen LogP contribution in [-0.4, -0.2) is 50.3 Å². The zero-order chi connectivity index (χ0) is 17.9. The molecule has 0 amide bonds. The molecule has 1 aromatic rings. The van der Waals surface area contributed by atoms with Gasteiger partial charge in [0.2, 0.25) is 0 Å². The Morgan fingerprint density at radius 2 is 1.56 bits per heavy atom. The van der Waals surface area contributed by atoms with Gasteiger partial charge in [-0.3, -0.25) is 4.90 Å². The minimum atomic E-state index is -0.213. The van der Waals surface area contributed by atoms with Crippen LogP contribution in [0.1, 0.15) is 48.0 Å². The fraction of sp³-hybridized carbons (Fsp3) is 0.700. The first-order chi connectivity index (χ1) is 11.7. The van der Waals surface area contributed by atoms with Gasteiger partial charge in [-0.2, -0.15) is 0 Å². The second kappa shape index (κ2) is 13.0. The Kier molecular flexibility index (Phi) is 12.3. The Labute approximate surface area is 154 Å². The van der Waals surface area contributed by atoms with Crippen LogP contribution in [0.25, 0.3) is 0 Å². The lowest BCUT2D eigenvalue weighted by molar-refractivity contribution is 0.0115. The molecule has 0 bridgehead atoms. The van der Waals surface area contributed by atoms with E-state index in [1.807, 2.05) is 27.7 Å². The highest BCUT2D eigenvalue weighted by Gasteiger charge is 2.26. The van der Waals surface area contributed by atoms with Crippen molar-refractivity contribution in [3.63, 3.8) is 0 Å². The number of nitrogen functional groups attached to an aromatic ring is 1. The van der Waals surface area contributed by atoms with Crippen LogP contribution in [0.4, 0.5) is 15.8 Å². The monoisotopic (exact) mass is 355 g/mol. The third-order valence-corrected chi connectivity index (χ3v) is 4.34. The van der Waals surface area contributed by atoms with Gasteiger partial charge in [-0.05, 0) is 31.0 Å². The average molecular weight is 356 g/mol. The topological polar surface area (TPSA) is 41.7 Å². The number of anilines is 2. The van der Waals surface area contributed by atoms with Gasteiger partial charge >= 0.3 is 0 Å². The molecule has 0 atom stereocenters. The second-order valence-electron chi connectivity index (χ2n) is 5.58. The fourth-order valence-corrected chi connectivity index (χ4v) is 3.19. The van der Waals surface area contributed by atoms with Crippen molar-refractivity contribution in [2.75, 3.05) is 50.0 Å². The van der Waals surface area contributed by atoms with Gasteiger partial charge in [0.1, 0.15) is 5.82 Å². The van der Waals surface area contributed by atoms with Crippen molar-refractivity contribution in [2.24, 2.45) is 0 Å². The Bertz CT molecular complexity index is 456. The van der Waals surface area contributed by atoms with Gasteiger partial charge < -0.3 is 15.4 Å². The lowest BCUT2D eigenvalue weighted by Crippen LogP contribution is -2.49. The molecule has 25 heavy (non-hydrogen) atoms. The van der Waals surface area contributed by atoms with Gasteiger partial charge in [-0.25, -0.2) is 4.39 Å². The lowest BCUT2D eigenvalue weighted by Gasteiger charge is -2.40. The first-order valence-electron chi connectivity index (χ1n) is 9.36. The number of ether oxygens (including phenoxy) is 1. The van der Waals surface area contributed by atoms with E-state index in [0.717, 1.165) is 52.2 Å². The SMILES string of the molecule is C.CC.CC.Nc1ccc(N2CCC(N3CCOCC3)CC2)c(F)c1. The molecule has 2 heterocycles. The van der Waals surface area contributed by atoms with E-state index in [9.17, 15) is 4.39 Å². The highest BCUT2D eigenvalue weighted by Crippen LogP contribution is 2.26. The molecule has 0 radical (unpaired) electrons. The Morgan fingerprint density at radius 1 is 1.00 bits per heavy atom. The van der Waals surface area contributed by atoms with Crippen LogP contribution in [0, 0.1) is 5.82 Å². The molecule has 2 saturated heterocycles. The van der Waals surface area contributed by atoms with E-state index in [2.05, 4.69) is 9.80 Å². The zero-order valence-corrected chi connectivity index (χ0v) is 15.7. The smallest absolute Gasteiger partial charge is 0.148 e. The van der Waals surface area contributed by atoms with Crippen LogP contribution in [0.5, 0.6) is 0 Å².